The second-order valence-corrected chi connectivity index (χ2v) is 33.3. The van der Waals surface area contributed by atoms with Gasteiger partial charge >= 0.3 is 0 Å². The molecule has 0 fully saturated rings. The third-order valence-electron chi connectivity index (χ3n) is 20.3. The molecule has 0 N–H and O–H groups in total. The Balaban J connectivity index is 1.15. The topological polar surface area (TPSA) is 11.4 Å². The van der Waals surface area contributed by atoms with Crippen molar-refractivity contribution in [2.75, 3.05) is 9.80 Å². The summed E-state index contributed by atoms with van der Waals surface area (Å²) in [5, 5.41) is 2.51. The number of aromatic nitrogens is 1. The molecule has 0 atom stereocenters. The lowest BCUT2D eigenvalue weighted by atomic mass is 9.33. The Hall–Kier alpha value is -9.12. The number of hydrogen-bond acceptors (Lipinski definition) is 2. The van der Waals surface area contributed by atoms with E-state index >= 15 is 0 Å². The number of rotatable bonds is 7. The highest BCUT2D eigenvalue weighted by Gasteiger charge is 2.45. The summed E-state index contributed by atoms with van der Waals surface area (Å²) in [6, 6.07) is 89.4. The van der Waals surface area contributed by atoms with Gasteiger partial charge in [-0.15, -0.1) is 0 Å². The van der Waals surface area contributed by atoms with E-state index in [0.717, 1.165) is 17.1 Å². The molecule has 0 unspecified atom stereocenters. The smallest absolute Gasteiger partial charge is 0.252 e. The molecule has 0 bridgehead atoms. The summed E-state index contributed by atoms with van der Waals surface area (Å²) in [6.07, 6.45) is 0. The summed E-state index contributed by atoms with van der Waals surface area (Å²) >= 11 is 0. The zero-order valence-corrected chi connectivity index (χ0v) is 58.9. The summed E-state index contributed by atoms with van der Waals surface area (Å²) in [5.41, 5.74) is 31.2. The van der Waals surface area contributed by atoms with E-state index in [1.165, 1.54) is 139 Å². The van der Waals surface area contributed by atoms with Gasteiger partial charge in [0.15, 0.2) is 0 Å². The molecule has 11 aromatic carbocycles. The third-order valence-corrected chi connectivity index (χ3v) is 20.3. The molecule has 1 aromatic heterocycles. The van der Waals surface area contributed by atoms with Gasteiger partial charge in [0, 0.05) is 44.9 Å². The van der Waals surface area contributed by atoms with Gasteiger partial charge < -0.3 is 14.4 Å². The van der Waals surface area contributed by atoms with Gasteiger partial charge in [-0.05, 0) is 187 Å². The Kier molecular flexibility index (Phi) is 14.8. The average molecular weight is 1230 g/mol. The van der Waals surface area contributed by atoms with E-state index < -0.39 is 0 Å². The molecule has 0 amide bonds. The second-order valence-electron chi connectivity index (χ2n) is 33.3. The summed E-state index contributed by atoms with van der Waals surface area (Å²) in [5.74, 6) is 0. The lowest BCUT2D eigenvalue weighted by molar-refractivity contribution is 0.568. The fraction of sp³-hybridized carbons (Fsp3) is 0.267. The van der Waals surface area contributed by atoms with Crippen LogP contribution in [0.5, 0.6) is 0 Å². The third kappa shape index (κ3) is 11.2. The van der Waals surface area contributed by atoms with Crippen LogP contribution in [-0.2, 0) is 32.5 Å². The molecule has 2 aliphatic rings. The summed E-state index contributed by atoms with van der Waals surface area (Å²) in [6.45, 7) is 42.3. The van der Waals surface area contributed by atoms with Crippen molar-refractivity contribution in [2.45, 2.75) is 157 Å². The van der Waals surface area contributed by atoms with Gasteiger partial charge in [-0.3, -0.25) is 0 Å². The van der Waals surface area contributed by atoms with Crippen molar-refractivity contribution >= 4 is 79.0 Å². The Labute approximate surface area is 561 Å². The predicted molar refractivity (Wildman–Crippen MR) is 409 cm³/mol. The quantitative estimate of drug-likeness (QED) is 0.147. The van der Waals surface area contributed by atoms with Crippen LogP contribution in [0.25, 0.3) is 72.0 Å². The minimum atomic E-state index is -0.178. The largest absolute Gasteiger partial charge is 0.311 e. The average Bonchev–Trinajstić information content (AvgIpc) is 0.767. The van der Waals surface area contributed by atoms with Crippen LogP contribution in [0.4, 0.5) is 34.1 Å². The lowest BCUT2D eigenvalue weighted by Gasteiger charge is -2.45. The molecule has 12 aromatic rings. The highest BCUT2D eigenvalue weighted by Crippen LogP contribution is 2.50. The predicted octanol–water partition coefficient (Wildman–Crippen LogP) is 23.3. The van der Waals surface area contributed by atoms with Crippen LogP contribution in [-0.4, -0.2) is 11.3 Å². The molecule has 4 heteroatoms. The molecule has 3 heterocycles. The monoisotopic (exact) mass is 1230 g/mol. The highest BCUT2D eigenvalue weighted by atomic mass is 15.2. The van der Waals surface area contributed by atoms with Crippen molar-refractivity contribution in [3.63, 3.8) is 0 Å². The van der Waals surface area contributed by atoms with Crippen molar-refractivity contribution in [2.24, 2.45) is 0 Å². The highest BCUT2D eigenvalue weighted by molar-refractivity contribution is 7.00. The van der Waals surface area contributed by atoms with Gasteiger partial charge in [-0.1, -0.05) is 294 Å². The molecule has 94 heavy (non-hydrogen) atoms. The standard InChI is InChI=1S/C90H92BN3/c1-85(2,3)65-39-41-74-75-42-40-66(86(4,5)6)54-81(75)94(80(74)53-65)73-55-82-84-83(56-73)93(72-51-69(89(13,14)15)48-70(52-72)90(16,17)18)79-44-38-64(62-35-31-60(32-36-62)58-27-23-20-24-28-58)46-77(79)91(84)76-45-63(61-33-29-59(30-34-61)57-25-21-19-22-26-57)37-43-78(76)92(82)71-49-67(87(7,8)9)47-68(50-71)88(10,11)12/h19-56H,1-18H3. The Morgan fingerprint density at radius 3 is 0.851 bits per heavy atom. The number of fused-ring (bicyclic) bond motifs is 7. The van der Waals surface area contributed by atoms with E-state index in [9.17, 15) is 0 Å². The van der Waals surface area contributed by atoms with Crippen molar-refractivity contribution in [3.05, 3.63) is 264 Å². The maximum Gasteiger partial charge on any atom is 0.252 e. The zero-order chi connectivity index (χ0) is 66.3. The first kappa shape index (κ1) is 62.3. The van der Waals surface area contributed by atoms with Crippen LogP contribution >= 0.6 is 0 Å². The minimum Gasteiger partial charge on any atom is -0.311 e. The molecule has 14 rings (SSSR count). The molecule has 470 valence electrons. The molecule has 0 aliphatic carbocycles. The number of nitrogens with zero attached hydrogens (tertiary/aromatic N) is 3. The van der Waals surface area contributed by atoms with Crippen LogP contribution in [0.15, 0.2) is 231 Å². The Morgan fingerprint density at radius 2 is 0.532 bits per heavy atom. The first-order chi connectivity index (χ1) is 44.4. The van der Waals surface area contributed by atoms with E-state index in [4.69, 9.17) is 0 Å². The zero-order valence-electron chi connectivity index (χ0n) is 58.9. The molecule has 0 spiro atoms. The molecule has 0 saturated heterocycles. The van der Waals surface area contributed by atoms with E-state index in [2.05, 4.69) is 370 Å². The van der Waals surface area contributed by atoms with Crippen LogP contribution in [0, 0.1) is 0 Å². The summed E-state index contributed by atoms with van der Waals surface area (Å²) in [4.78, 5) is 5.36. The fourth-order valence-electron chi connectivity index (χ4n) is 14.4. The van der Waals surface area contributed by atoms with Crippen molar-refractivity contribution < 1.29 is 0 Å². The molecular formula is C90H92BN3. The van der Waals surface area contributed by atoms with E-state index in [1.807, 2.05) is 0 Å². The first-order valence-electron chi connectivity index (χ1n) is 34.2. The fourth-order valence-corrected chi connectivity index (χ4v) is 14.4. The molecule has 0 radical (unpaired) electrons. The first-order valence-corrected chi connectivity index (χ1v) is 34.2. The Morgan fingerprint density at radius 1 is 0.234 bits per heavy atom. The maximum absolute atomic E-state index is 2.68. The van der Waals surface area contributed by atoms with Gasteiger partial charge in [0.1, 0.15) is 0 Å². The van der Waals surface area contributed by atoms with Crippen LogP contribution in [0.2, 0.25) is 0 Å². The number of benzene rings is 11. The van der Waals surface area contributed by atoms with Crippen molar-refractivity contribution in [3.8, 4) is 50.2 Å². The lowest BCUT2D eigenvalue weighted by Crippen LogP contribution is -2.61. The van der Waals surface area contributed by atoms with E-state index in [-0.39, 0.29) is 39.2 Å². The van der Waals surface area contributed by atoms with Gasteiger partial charge in [0.2, 0.25) is 0 Å². The molecule has 0 saturated carbocycles. The van der Waals surface area contributed by atoms with Crippen LogP contribution < -0.4 is 26.2 Å². The molecule has 3 nitrogen and oxygen atoms in total. The number of anilines is 6. The van der Waals surface area contributed by atoms with Crippen LogP contribution in [0.1, 0.15) is 158 Å². The second kappa shape index (κ2) is 22.3. The maximum atomic E-state index is 2.68. The van der Waals surface area contributed by atoms with Gasteiger partial charge in [0.05, 0.1) is 16.7 Å². The minimum absolute atomic E-state index is 0.0840. The molecular weight excluding hydrogens is 1130 g/mol. The number of hydrogen-bond donors (Lipinski definition) is 0. The van der Waals surface area contributed by atoms with Crippen LogP contribution in [0.3, 0.4) is 0 Å². The SMILES string of the molecule is CC(C)(C)c1cc(N2c3ccc(-c4ccc(-c5ccccc5)cc4)cc3B3c4cc(-c5ccc(-c6ccccc6)cc5)ccc4N(c4cc(C(C)(C)C)cc(C(C)(C)C)c4)c4cc(-n5c6cc(C(C)(C)C)ccc6c6ccc(C(C)(C)C)cc65)cc2c43)cc(C(C)(C)C)c1. The van der Waals surface area contributed by atoms with E-state index in [1.54, 1.807) is 0 Å². The van der Waals surface area contributed by atoms with E-state index in [0.29, 0.717) is 0 Å². The van der Waals surface area contributed by atoms with Crippen molar-refractivity contribution in [1.82, 2.24) is 4.57 Å². The van der Waals surface area contributed by atoms with Gasteiger partial charge in [-0.2, -0.15) is 0 Å². The Bertz CT molecular complexity index is 4550. The van der Waals surface area contributed by atoms with Crippen molar-refractivity contribution in [1.29, 1.82) is 0 Å². The normalized spacial score (nSPS) is 13.6. The van der Waals surface area contributed by atoms with Gasteiger partial charge in [0.25, 0.3) is 6.71 Å². The summed E-state index contributed by atoms with van der Waals surface area (Å²) in [7, 11) is 0. The molecule has 2 aliphatic heterocycles. The summed E-state index contributed by atoms with van der Waals surface area (Å²) < 4.78 is 2.63. The van der Waals surface area contributed by atoms with Gasteiger partial charge in [-0.25, -0.2) is 0 Å².